The van der Waals surface area contributed by atoms with Gasteiger partial charge in [0.25, 0.3) is 0 Å². The third-order valence-corrected chi connectivity index (χ3v) is 7.04. The van der Waals surface area contributed by atoms with E-state index in [0.29, 0.717) is 49.0 Å². The fraction of sp³-hybridized carbons (Fsp3) is 0.647. The summed E-state index contributed by atoms with van der Waals surface area (Å²) in [5.74, 6) is 0.671. The Morgan fingerprint density at radius 3 is 2.65 bits per heavy atom. The summed E-state index contributed by atoms with van der Waals surface area (Å²) in [6, 6.07) is 5.16. The monoisotopic (exact) mass is 424 g/mol. The van der Waals surface area contributed by atoms with Crippen LogP contribution < -0.4 is 10.1 Å². The summed E-state index contributed by atoms with van der Waals surface area (Å²) >= 11 is 6.07. The van der Waals surface area contributed by atoms with Gasteiger partial charge in [0.15, 0.2) is 0 Å². The van der Waals surface area contributed by atoms with E-state index in [0.717, 1.165) is 25.9 Å². The highest BCUT2D eigenvalue weighted by Gasteiger charge is 2.31. The standard InChI is InChI=1S/C17H25ClN2O4S.ClH/c1-19-15-4-7-20(8-5-15)25(21,22)17-10-14(18)2-3-16(17)24-12-13-6-9-23-11-13;/h2-3,10,13,15,19H,4-9,11-12H2,1H3;1H. The molecule has 1 aromatic rings. The molecule has 1 N–H and O–H groups in total. The Morgan fingerprint density at radius 1 is 1.31 bits per heavy atom. The van der Waals surface area contributed by atoms with Crippen LogP contribution in [0.2, 0.25) is 5.02 Å². The number of hydrogen-bond acceptors (Lipinski definition) is 5. The first-order chi connectivity index (χ1) is 12.0. The minimum absolute atomic E-state index is 0. The third-order valence-electron chi connectivity index (χ3n) is 4.88. The molecule has 26 heavy (non-hydrogen) atoms. The number of hydrogen-bond donors (Lipinski definition) is 1. The van der Waals surface area contributed by atoms with Crippen molar-refractivity contribution in [1.82, 2.24) is 9.62 Å². The number of halogens is 2. The Labute approximate surface area is 166 Å². The Morgan fingerprint density at radius 2 is 2.04 bits per heavy atom. The number of ether oxygens (including phenoxy) is 2. The second kappa shape index (κ2) is 9.57. The van der Waals surface area contributed by atoms with E-state index in [1.165, 1.54) is 10.4 Å². The number of sulfonamides is 1. The molecular formula is C17H26Cl2N2O4S. The van der Waals surface area contributed by atoms with Crippen molar-refractivity contribution in [3.8, 4) is 5.75 Å². The molecule has 2 aliphatic rings. The number of benzene rings is 1. The van der Waals surface area contributed by atoms with E-state index in [9.17, 15) is 8.42 Å². The van der Waals surface area contributed by atoms with Crippen molar-refractivity contribution in [2.24, 2.45) is 5.92 Å². The molecule has 2 aliphatic heterocycles. The maximum Gasteiger partial charge on any atom is 0.246 e. The van der Waals surface area contributed by atoms with Crippen LogP contribution >= 0.6 is 24.0 Å². The minimum atomic E-state index is -3.63. The van der Waals surface area contributed by atoms with Crippen LogP contribution in [0.1, 0.15) is 19.3 Å². The molecule has 0 bridgehead atoms. The predicted octanol–water partition coefficient (Wildman–Crippen LogP) is 2.55. The molecule has 1 aromatic carbocycles. The molecular weight excluding hydrogens is 399 g/mol. The summed E-state index contributed by atoms with van der Waals surface area (Å²) in [7, 11) is -1.72. The van der Waals surface area contributed by atoms with Gasteiger partial charge >= 0.3 is 0 Å². The number of piperidine rings is 1. The molecule has 0 spiro atoms. The molecule has 2 saturated heterocycles. The summed E-state index contributed by atoms with van der Waals surface area (Å²) in [5, 5.41) is 3.60. The molecule has 2 heterocycles. The molecule has 0 amide bonds. The summed E-state index contributed by atoms with van der Waals surface area (Å²) in [5.41, 5.74) is 0. The summed E-state index contributed by atoms with van der Waals surface area (Å²) in [6.45, 7) is 2.84. The molecule has 0 aromatic heterocycles. The topological polar surface area (TPSA) is 67.9 Å². The first-order valence-corrected chi connectivity index (χ1v) is 10.5. The number of nitrogens with zero attached hydrogens (tertiary/aromatic N) is 1. The highest BCUT2D eigenvalue weighted by Crippen LogP contribution is 2.32. The van der Waals surface area contributed by atoms with Crippen molar-refractivity contribution >= 4 is 34.0 Å². The van der Waals surface area contributed by atoms with Gasteiger partial charge in [0.2, 0.25) is 10.0 Å². The maximum atomic E-state index is 13.1. The number of rotatable bonds is 6. The van der Waals surface area contributed by atoms with Crippen molar-refractivity contribution in [1.29, 1.82) is 0 Å². The van der Waals surface area contributed by atoms with Crippen LogP contribution in [0, 0.1) is 5.92 Å². The molecule has 9 heteroatoms. The van der Waals surface area contributed by atoms with Gasteiger partial charge in [-0.25, -0.2) is 8.42 Å². The van der Waals surface area contributed by atoms with Crippen molar-refractivity contribution in [2.45, 2.75) is 30.2 Å². The second-order valence-electron chi connectivity index (χ2n) is 6.60. The van der Waals surface area contributed by atoms with Crippen molar-refractivity contribution in [2.75, 3.05) is 40.0 Å². The SMILES string of the molecule is CNC1CCN(S(=O)(=O)c2cc(Cl)ccc2OCC2CCOC2)CC1.Cl. The van der Waals surface area contributed by atoms with Crippen LogP contribution in [-0.2, 0) is 14.8 Å². The molecule has 0 aliphatic carbocycles. The third kappa shape index (κ3) is 5.03. The lowest BCUT2D eigenvalue weighted by atomic mass is 10.1. The summed E-state index contributed by atoms with van der Waals surface area (Å²) in [4.78, 5) is 0.154. The predicted molar refractivity (Wildman–Crippen MR) is 104 cm³/mol. The zero-order valence-corrected chi connectivity index (χ0v) is 17.2. The summed E-state index contributed by atoms with van der Waals surface area (Å²) in [6.07, 6.45) is 2.53. The molecule has 1 unspecified atom stereocenters. The molecule has 0 radical (unpaired) electrons. The van der Waals surface area contributed by atoms with Crippen molar-refractivity contribution < 1.29 is 17.9 Å². The molecule has 2 fully saturated rings. The normalized spacial score (nSPS) is 22.2. The Kier molecular flexibility index (Phi) is 8.00. The Hall–Kier alpha value is -0.570. The van der Waals surface area contributed by atoms with E-state index >= 15 is 0 Å². The van der Waals surface area contributed by atoms with E-state index in [1.807, 2.05) is 7.05 Å². The van der Waals surface area contributed by atoms with Crippen LogP contribution in [-0.4, -0.2) is 58.7 Å². The van der Waals surface area contributed by atoms with E-state index in [1.54, 1.807) is 12.1 Å². The zero-order chi connectivity index (χ0) is 17.9. The van der Waals surface area contributed by atoms with Gasteiger partial charge in [0.05, 0.1) is 13.2 Å². The van der Waals surface area contributed by atoms with Gasteiger partial charge in [-0.15, -0.1) is 12.4 Å². The van der Waals surface area contributed by atoms with Crippen LogP contribution in [0.3, 0.4) is 0 Å². The maximum absolute atomic E-state index is 13.1. The van der Waals surface area contributed by atoms with Crippen LogP contribution in [0.4, 0.5) is 0 Å². The van der Waals surface area contributed by atoms with Gasteiger partial charge in [0.1, 0.15) is 10.6 Å². The average molecular weight is 425 g/mol. The van der Waals surface area contributed by atoms with E-state index < -0.39 is 10.0 Å². The van der Waals surface area contributed by atoms with E-state index in [-0.39, 0.29) is 17.3 Å². The fourth-order valence-corrected chi connectivity index (χ4v) is 5.11. The molecule has 0 saturated carbocycles. The second-order valence-corrected chi connectivity index (χ2v) is 8.94. The van der Waals surface area contributed by atoms with Gasteiger partial charge in [-0.2, -0.15) is 4.31 Å². The van der Waals surface area contributed by atoms with Gasteiger partial charge in [-0.1, -0.05) is 11.6 Å². The molecule has 6 nitrogen and oxygen atoms in total. The van der Waals surface area contributed by atoms with Gasteiger partial charge in [-0.05, 0) is 44.5 Å². The van der Waals surface area contributed by atoms with Gasteiger partial charge in [-0.3, -0.25) is 0 Å². The average Bonchev–Trinajstić information content (AvgIpc) is 3.14. The molecule has 3 rings (SSSR count). The van der Waals surface area contributed by atoms with Crippen LogP contribution in [0.5, 0.6) is 5.75 Å². The van der Waals surface area contributed by atoms with Crippen LogP contribution in [0.15, 0.2) is 23.1 Å². The number of nitrogens with one attached hydrogen (secondary N) is 1. The highest BCUT2D eigenvalue weighted by molar-refractivity contribution is 7.89. The minimum Gasteiger partial charge on any atom is -0.492 e. The van der Waals surface area contributed by atoms with Crippen LogP contribution in [0.25, 0.3) is 0 Å². The molecule has 1 atom stereocenters. The highest BCUT2D eigenvalue weighted by atomic mass is 35.5. The first-order valence-electron chi connectivity index (χ1n) is 8.68. The van der Waals surface area contributed by atoms with Gasteiger partial charge < -0.3 is 14.8 Å². The zero-order valence-electron chi connectivity index (χ0n) is 14.8. The lowest BCUT2D eigenvalue weighted by Gasteiger charge is -2.31. The lowest BCUT2D eigenvalue weighted by Crippen LogP contribution is -2.43. The van der Waals surface area contributed by atoms with E-state index in [2.05, 4.69) is 5.32 Å². The smallest absolute Gasteiger partial charge is 0.246 e. The Bertz CT molecular complexity index is 688. The van der Waals surface area contributed by atoms with Gasteiger partial charge in [0, 0.05) is 36.7 Å². The lowest BCUT2D eigenvalue weighted by molar-refractivity contribution is 0.166. The summed E-state index contributed by atoms with van der Waals surface area (Å²) < 4.78 is 38.9. The first kappa shape index (κ1) is 21.7. The Balaban J connectivity index is 0.00000243. The fourth-order valence-electron chi connectivity index (χ4n) is 3.25. The van der Waals surface area contributed by atoms with Crippen molar-refractivity contribution in [3.63, 3.8) is 0 Å². The molecule has 148 valence electrons. The quantitative estimate of drug-likeness (QED) is 0.759. The van der Waals surface area contributed by atoms with E-state index in [4.69, 9.17) is 21.1 Å². The largest absolute Gasteiger partial charge is 0.492 e. The van der Waals surface area contributed by atoms with Crippen molar-refractivity contribution in [3.05, 3.63) is 23.2 Å².